The third-order valence-corrected chi connectivity index (χ3v) is 2.55. The third kappa shape index (κ3) is 2.12. The second-order valence-electron chi connectivity index (χ2n) is 3.44. The van der Waals surface area contributed by atoms with Crippen molar-refractivity contribution in [3.63, 3.8) is 0 Å². The molecule has 76 valence electrons. The van der Waals surface area contributed by atoms with Crippen LogP contribution in [0.3, 0.4) is 0 Å². The molecule has 1 aliphatic rings. The number of likely N-dealkylation sites (N-methyl/N-ethyl adjacent to an activating group) is 1. The molecule has 0 aliphatic heterocycles. The van der Waals surface area contributed by atoms with Gasteiger partial charge < -0.3 is 10.4 Å². The van der Waals surface area contributed by atoms with Crippen LogP contribution in [0.25, 0.3) is 5.53 Å². The Labute approximate surface area is 85.3 Å². The van der Waals surface area contributed by atoms with Gasteiger partial charge in [-0.05, 0) is 32.4 Å². The maximum absolute atomic E-state index is 8.65. The van der Waals surface area contributed by atoms with E-state index in [9.17, 15) is 0 Å². The van der Waals surface area contributed by atoms with E-state index in [1.54, 1.807) is 0 Å². The molecule has 0 aromatic heterocycles. The van der Waals surface area contributed by atoms with Gasteiger partial charge in [-0.25, -0.2) is 0 Å². The van der Waals surface area contributed by atoms with E-state index in [2.05, 4.69) is 30.5 Å². The fraction of sp³-hybridized carbons (Fsp3) is 0.545. The molecule has 0 saturated heterocycles. The highest BCUT2D eigenvalue weighted by molar-refractivity contribution is 5.93. The molecule has 0 fully saturated rings. The molecule has 0 unspecified atom stereocenters. The summed E-state index contributed by atoms with van der Waals surface area (Å²) in [6.07, 6.45) is 4.65. The predicted octanol–water partition coefficient (Wildman–Crippen LogP) is 2.23. The summed E-state index contributed by atoms with van der Waals surface area (Å²) < 4.78 is 0. The van der Waals surface area contributed by atoms with Crippen LogP contribution in [-0.2, 0) is 0 Å². The van der Waals surface area contributed by atoms with Crippen molar-refractivity contribution in [3.8, 4) is 0 Å². The Balaban J connectivity index is 2.91. The van der Waals surface area contributed by atoms with Gasteiger partial charge in [0.05, 0.1) is 6.42 Å². The molecule has 0 N–H and O–H groups in total. The molecule has 1 rings (SSSR count). The molecule has 0 aromatic carbocycles. The van der Waals surface area contributed by atoms with Crippen LogP contribution >= 0.6 is 0 Å². The van der Waals surface area contributed by atoms with E-state index in [1.807, 2.05) is 12.2 Å². The van der Waals surface area contributed by atoms with Crippen LogP contribution in [0, 0.1) is 0 Å². The van der Waals surface area contributed by atoms with Crippen LogP contribution in [0.1, 0.15) is 27.2 Å². The summed E-state index contributed by atoms with van der Waals surface area (Å²) in [7, 11) is 0. The van der Waals surface area contributed by atoms with E-state index in [1.165, 1.54) is 11.3 Å². The summed E-state index contributed by atoms with van der Waals surface area (Å²) in [6, 6.07) is 0. The van der Waals surface area contributed by atoms with Gasteiger partial charge in [0.25, 0.3) is 5.71 Å². The minimum Gasteiger partial charge on any atom is -0.372 e. The summed E-state index contributed by atoms with van der Waals surface area (Å²) in [4.78, 5) is 5.53. The molecule has 0 atom stereocenters. The van der Waals surface area contributed by atoms with Crippen LogP contribution in [-0.4, -0.2) is 28.5 Å². The Kier molecular flexibility index (Phi) is 3.66. The maximum atomic E-state index is 8.65. The normalized spacial score (nSPS) is 15.8. The van der Waals surface area contributed by atoms with E-state index in [0.29, 0.717) is 0 Å². The monoisotopic (exact) mass is 191 g/mol. The van der Waals surface area contributed by atoms with E-state index >= 15 is 0 Å². The van der Waals surface area contributed by atoms with Crippen molar-refractivity contribution in [1.82, 2.24) is 4.90 Å². The highest BCUT2D eigenvalue weighted by atomic mass is 15.1. The molecular formula is C11H17N3. The lowest BCUT2D eigenvalue weighted by Crippen LogP contribution is -2.24. The highest BCUT2D eigenvalue weighted by Gasteiger charge is 2.16. The summed E-state index contributed by atoms with van der Waals surface area (Å²) >= 11 is 0. The fourth-order valence-electron chi connectivity index (χ4n) is 1.75. The maximum Gasteiger partial charge on any atom is 0.296 e. The van der Waals surface area contributed by atoms with Gasteiger partial charge in [0.15, 0.2) is 0 Å². The molecular weight excluding hydrogens is 174 g/mol. The minimum atomic E-state index is 0.735. The van der Waals surface area contributed by atoms with Crippen LogP contribution in [0.4, 0.5) is 0 Å². The lowest BCUT2D eigenvalue weighted by atomic mass is 10.0. The standard InChI is InChI=1S/C11H17N3/c1-4-14(5-2)11-7-6-10(13-12)8-9(11)3/h6-7H,4-5,8H2,1-3H3. The molecule has 0 spiro atoms. The smallest absolute Gasteiger partial charge is 0.296 e. The van der Waals surface area contributed by atoms with Crippen molar-refractivity contribution in [3.05, 3.63) is 29.0 Å². The number of hydrogen-bond acceptors (Lipinski definition) is 1. The second kappa shape index (κ2) is 4.77. The molecule has 3 nitrogen and oxygen atoms in total. The molecule has 0 saturated carbocycles. The molecule has 0 aromatic rings. The number of rotatable bonds is 3. The topological polar surface area (TPSA) is 39.6 Å². The van der Waals surface area contributed by atoms with Gasteiger partial charge in [0, 0.05) is 24.9 Å². The first-order valence-electron chi connectivity index (χ1n) is 5.06. The minimum absolute atomic E-state index is 0.735. The highest BCUT2D eigenvalue weighted by Crippen LogP contribution is 2.19. The molecule has 1 aliphatic carbocycles. The van der Waals surface area contributed by atoms with Crippen molar-refractivity contribution in [2.75, 3.05) is 13.1 Å². The zero-order chi connectivity index (χ0) is 10.6. The van der Waals surface area contributed by atoms with E-state index in [4.69, 9.17) is 5.53 Å². The first kappa shape index (κ1) is 10.7. The summed E-state index contributed by atoms with van der Waals surface area (Å²) in [6.45, 7) is 8.40. The van der Waals surface area contributed by atoms with Crippen molar-refractivity contribution in [2.24, 2.45) is 0 Å². The number of nitrogens with zero attached hydrogens (tertiary/aromatic N) is 3. The molecule has 0 amide bonds. The van der Waals surface area contributed by atoms with Crippen LogP contribution in [0.15, 0.2) is 23.4 Å². The lowest BCUT2D eigenvalue weighted by Gasteiger charge is -2.25. The van der Waals surface area contributed by atoms with Gasteiger partial charge >= 0.3 is 0 Å². The predicted molar refractivity (Wildman–Crippen MR) is 58.0 cm³/mol. The fourth-order valence-corrected chi connectivity index (χ4v) is 1.75. The van der Waals surface area contributed by atoms with Gasteiger partial charge in [0.1, 0.15) is 0 Å². The van der Waals surface area contributed by atoms with Crippen molar-refractivity contribution < 1.29 is 4.79 Å². The largest absolute Gasteiger partial charge is 0.372 e. The Morgan fingerprint density at radius 3 is 2.43 bits per heavy atom. The van der Waals surface area contributed by atoms with E-state index in [0.717, 1.165) is 25.2 Å². The Morgan fingerprint density at radius 2 is 2.00 bits per heavy atom. The van der Waals surface area contributed by atoms with Gasteiger partial charge in [-0.3, -0.25) is 0 Å². The quantitative estimate of drug-likeness (QED) is 0.498. The first-order chi connectivity index (χ1) is 6.72. The first-order valence-corrected chi connectivity index (χ1v) is 5.06. The average molecular weight is 191 g/mol. The van der Waals surface area contributed by atoms with Crippen molar-refractivity contribution in [2.45, 2.75) is 27.2 Å². The SMILES string of the molecule is CCN(CC)C1=C(C)CC(=[N+]=[N-])C=C1. The second-order valence-corrected chi connectivity index (χ2v) is 3.44. The zero-order valence-electron chi connectivity index (χ0n) is 9.12. The average Bonchev–Trinajstić information content (AvgIpc) is 2.22. The molecule has 0 heterocycles. The molecule has 0 bridgehead atoms. The van der Waals surface area contributed by atoms with E-state index < -0.39 is 0 Å². The summed E-state index contributed by atoms with van der Waals surface area (Å²) in [5, 5.41) is 0. The van der Waals surface area contributed by atoms with Gasteiger partial charge in [-0.15, -0.1) is 0 Å². The molecule has 0 radical (unpaired) electrons. The Morgan fingerprint density at radius 1 is 1.36 bits per heavy atom. The van der Waals surface area contributed by atoms with Gasteiger partial charge in [0.2, 0.25) is 0 Å². The van der Waals surface area contributed by atoms with Crippen molar-refractivity contribution in [1.29, 1.82) is 0 Å². The summed E-state index contributed by atoms with van der Waals surface area (Å²) in [5.41, 5.74) is 11.9. The lowest BCUT2D eigenvalue weighted by molar-refractivity contribution is -0.00570. The van der Waals surface area contributed by atoms with Crippen molar-refractivity contribution >= 4 is 5.71 Å². The molecule has 3 heteroatoms. The van der Waals surface area contributed by atoms with Crippen LogP contribution < -0.4 is 0 Å². The number of hydrogen-bond donors (Lipinski definition) is 0. The Hall–Kier alpha value is -1.34. The third-order valence-electron chi connectivity index (χ3n) is 2.55. The van der Waals surface area contributed by atoms with Crippen LogP contribution in [0.2, 0.25) is 0 Å². The van der Waals surface area contributed by atoms with Crippen LogP contribution in [0.5, 0.6) is 0 Å². The van der Waals surface area contributed by atoms with Gasteiger partial charge in [-0.1, -0.05) is 0 Å². The Bertz CT molecular complexity index is 315. The van der Waals surface area contributed by atoms with Gasteiger partial charge in [-0.2, -0.15) is 4.79 Å². The zero-order valence-corrected chi connectivity index (χ0v) is 9.12. The summed E-state index contributed by atoms with van der Waals surface area (Å²) in [5.74, 6) is 0. The number of allylic oxidation sites excluding steroid dienone is 3. The molecule has 14 heavy (non-hydrogen) atoms. The van der Waals surface area contributed by atoms with E-state index in [-0.39, 0.29) is 0 Å².